The van der Waals surface area contributed by atoms with E-state index in [1.807, 2.05) is 0 Å². The lowest BCUT2D eigenvalue weighted by atomic mass is 9.57. The summed E-state index contributed by atoms with van der Waals surface area (Å²) < 4.78 is 10.6. The van der Waals surface area contributed by atoms with Gasteiger partial charge in [0.1, 0.15) is 0 Å². The number of ether oxygens (including phenoxy) is 2. The van der Waals surface area contributed by atoms with Crippen molar-refractivity contribution in [2.75, 3.05) is 13.2 Å². The molecule has 0 aromatic heterocycles. The molecule has 2 rings (SSSR count). The minimum Gasteiger partial charge on any atom is -0.465 e. The number of carbonyl (C=O) groups excluding carboxylic acids is 2. The van der Waals surface area contributed by atoms with Crippen molar-refractivity contribution in [1.29, 1.82) is 0 Å². The zero-order chi connectivity index (χ0) is 15.5. The fourth-order valence-electron chi connectivity index (χ4n) is 4.39. The van der Waals surface area contributed by atoms with Crippen LogP contribution in [0.5, 0.6) is 0 Å². The normalized spacial score (nSPS) is 31.1. The van der Waals surface area contributed by atoms with Gasteiger partial charge in [0.05, 0.1) is 13.2 Å². The summed E-state index contributed by atoms with van der Waals surface area (Å²) in [5.74, 6) is -0.0238. The van der Waals surface area contributed by atoms with Gasteiger partial charge in [-0.05, 0) is 50.9 Å². The second-order valence-electron chi connectivity index (χ2n) is 6.66. The van der Waals surface area contributed by atoms with E-state index in [-0.39, 0.29) is 17.4 Å². The summed E-state index contributed by atoms with van der Waals surface area (Å²) >= 11 is 0. The highest BCUT2D eigenvalue weighted by Gasteiger charge is 2.65. The number of esters is 2. The maximum absolute atomic E-state index is 12.7. The second-order valence-corrected chi connectivity index (χ2v) is 6.66. The van der Waals surface area contributed by atoms with Crippen molar-refractivity contribution in [3.05, 3.63) is 0 Å². The lowest BCUT2D eigenvalue weighted by Crippen LogP contribution is -2.52. The van der Waals surface area contributed by atoms with Crippen LogP contribution in [0.3, 0.4) is 0 Å². The van der Waals surface area contributed by atoms with Gasteiger partial charge in [-0.25, -0.2) is 0 Å². The highest BCUT2D eigenvalue weighted by Crippen LogP contribution is 2.61. The number of carbonyl (C=O) groups is 2. The first-order valence-corrected chi connectivity index (χ1v) is 8.37. The average Bonchev–Trinajstić information content (AvgIpc) is 2.83. The van der Waals surface area contributed by atoms with E-state index in [9.17, 15) is 9.59 Å². The van der Waals surface area contributed by atoms with Crippen LogP contribution in [0.4, 0.5) is 0 Å². The van der Waals surface area contributed by atoms with E-state index in [1.165, 1.54) is 0 Å². The molecule has 0 amide bonds. The molecule has 0 aromatic rings. The monoisotopic (exact) mass is 296 g/mol. The van der Waals surface area contributed by atoms with Gasteiger partial charge < -0.3 is 9.47 Å². The molecule has 0 aromatic carbocycles. The van der Waals surface area contributed by atoms with Crippen LogP contribution in [0.15, 0.2) is 0 Å². The number of hydrogen-bond donors (Lipinski definition) is 0. The summed E-state index contributed by atoms with van der Waals surface area (Å²) in [5, 5.41) is 0. The zero-order valence-corrected chi connectivity index (χ0v) is 13.6. The van der Waals surface area contributed by atoms with Crippen molar-refractivity contribution in [2.45, 2.75) is 65.7 Å². The summed E-state index contributed by atoms with van der Waals surface area (Å²) in [6, 6.07) is 0. The quantitative estimate of drug-likeness (QED) is 0.588. The van der Waals surface area contributed by atoms with Gasteiger partial charge >= 0.3 is 11.9 Å². The van der Waals surface area contributed by atoms with Crippen LogP contribution in [0, 0.1) is 16.7 Å². The van der Waals surface area contributed by atoms with Gasteiger partial charge in [0.2, 0.25) is 0 Å². The van der Waals surface area contributed by atoms with Crippen LogP contribution < -0.4 is 0 Å². The van der Waals surface area contributed by atoms with E-state index < -0.39 is 5.41 Å². The van der Waals surface area contributed by atoms with Crippen molar-refractivity contribution in [3.8, 4) is 0 Å². The van der Waals surface area contributed by atoms with Crippen molar-refractivity contribution >= 4 is 11.9 Å². The third kappa shape index (κ3) is 2.58. The molecule has 2 fully saturated rings. The molecular weight excluding hydrogens is 268 g/mol. The summed E-state index contributed by atoms with van der Waals surface area (Å²) in [6.07, 6.45) is 6.47. The molecule has 0 aliphatic heterocycles. The minimum atomic E-state index is -1.06. The molecule has 21 heavy (non-hydrogen) atoms. The number of hydrogen-bond acceptors (Lipinski definition) is 4. The molecule has 0 saturated heterocycles. The van der Waals surface area contributed by atoms with Crippen molar-refractivity contribution in [2.24, 2.45) is 16.7 Å². The molecule has 4 heteroatoms. The summed E-state index contributed by atoms with van der Waals surface area (Å²) in [7, 11) is 0. The van der Waals surface area contributed by atoms with E-state index in [2.05, 4.69) is 6.92 Å². The van der Waals surface area contributed by atoms with Crippen molar-refractivity contribution in [3.63, 3.8) is 0 Å². The minimum absolute atomic E-state index is 0.238. The second kappa shape index (κ2) is 6.37. The van der Waals surface area contributed by atoms with Crippen LogP contribution in [0.25, 0.3) is 0 Å². The average molecular weight is 296 g/mol. The Morgan fingerprint density at radius 2 is 1.48 bits per heavy atom. The van der Waals surface area contributed by atoms with Crippen LogP contribution in [-0.2, 0) is 19.1 Å². The van der Waals surface area contributed by atoms with E-state index in [1.54, 1.807) is 13.8 Å². The Balaban J connectivity index is 2.37. The van der Waals surface area contributed by atoms with Gasteiger partial charge in [0, 0.05) is 0 Å². The van der Waals surface area contributed by atoms with Crippen LogP contribution in [-0.4, -0.2) is 25.2 Å². The first kappa shape index (κ1) is 16.3. The Morgan fingerprint density at radius 1 is 0.952 bits per heavy atom. The maximum Gasteiger partial charge on any atom is 0.324 e. The van der Waals surface area contributed by atoms with Gasteiger partial charge in [-0.15, -0.1) is 0 Å². The first-order valence-electron chi connectivity index (χ1n) is 8.37. The lowest BCUT2D eigenvalue weighted by molar-refractivity contribution is -0.183. The first-order chi connectivity index (χ1) is 10.0. The topological polar surface area (TPSA) is 52.6 Å². The molecule has 0 atom stereocenters. The molecule has 0 unspecified atom stereocenters. The molecule has 2 saturated carbocycles. The lowest BCUT2D eigenvalue weighted by Gasteiger charge is -2.46. The molecular formula is C17H28O4. The van der Waals surface area contributed by atoms with Gasteiger partial charge in [0.15, 0.2) is 5.41 Å². The van der Waals surface area contributed by atoms with Crippen LogP contribution >= 0.6 is 0 Å². The SMILES string of the molecule is CCOC(=O)C1(C(=O)OCC)CCCC12CCC(C)CC2. The number of rotatable bonds is 4. The zero-order valence-electron chi connectivity index (χ0n) is 13.6. The molecule has 4 nitrogen and oxygen atoms in total. The van der Waals surface area contributed by atoms with Gasteiger partial charge in [-0.1, -0.05) is 26.2 Å². The third-order valence-electron chi connectivity index (χ3n) is 5.59. The smallest absolute Gasteiger partial charge is 0.324 e. The van der Waals surface area contributed by atoms with E-state index in [4.69, 9.17) is 9.47 Å². The molecule has 0 radical (unpaired) electrons. The van der Waals surface area contributed by atoms with Gasteiger partial charge in [0.25, 0.3) is 0 Å². The highest BCUT2D eigenvalue weighted by molar-refractivity contribution is 6.01. The Bertz CT molecular complexity index is 376. The van der Waals surface area contributed by atoms with Crippen LogP contribution in [0.2, 0.25) is 0 Å². The van der Waals surface area contributed by atoms with Gasteiger partial charge in [-0.3, -0.25) is 9.59 Å². The van der Waals surface area contributed by atoms with E-state index in [0.29, 0.717) is 25.6 Å². The Kier molecular flexibility index (Phi) is 4.95. The maximum atomic E-state index is 12.7. The largest absolute Gasteiger partial charge is 0.465 e. The predicted octanol–water partition coefficient (Wildman–Crippen LogP) is 3.48. The molecule has 1 spiro atoms. The van der Waals surface area contributed by atoms with E-state index >= 15 is 0 Å². The molecule has 120 valence electrons. The highest BCUT2D eigenvalue weighted by atomic mass is 16.6. The standard InChI is InChI=1S/C17H28O4/c1-4-20-14(18)17(15(19)21-5-2)10-6-9-16(17)11-7-13(3)8-12-16/h13H,4-12H2,1-3H3. The fourth-order valence-corrected chi connectivity index (χ4v) is 4.39. The molecule has 2 aliphatic rings. The third-order valence-corrected chi connectivity index (χ3v) is 5.59. The molecule has 0 N–H and O–H groups in total. The Hall–Kier alpha value is -1.06. The fraction of sp³-hybridized carbons (Fsp3) is 0.882. The molecule has 2 aliphatic carbocycles. The van der Waals surface area contributed by atoms with E-state index in [0.717, 1.165) is 38.5 Å². The summed E-state index contributed by atoms with van der Waals surface area (Å²) in [4.78, 5) is 25.4. The predicted molar refractivity (Wildman–Crippen MR) is 79.6 cm³/mol. The molecule has 0 bridgehead atoms. The van der Waals surface area contributed by atoms with Gasteiger partial charge in [-0.2, -0.15) is 0 Å². The van der Waals surface area contributed by atoms with Crippen molar-refractivity contribution < 1.29 is 19.1 Å². The van der Waals surface area contributed by atoms with Crippen LogP contribution in [0.1, 0.15) is 65.7 Å². The Labute approximate surface area is 127 Å². The Morgan fingerprint density at radius 3 is 1.95 bits per heavy atom. The van der Waals surface area contributed by atoms with Crippen molar-refractivity contribution in [1.82, 2.24) is 0 Å². The molecule has 0 heterocycles. The summed E-state index contributed by atoms with van der Waals surface area (Å²) in [5.41, 5.74) is -1.29. The summed E-state index contributed by atoms with van der Waals surface area (Å²) in [6.45, 7) is 6.46.